The number of carbonyl (C=O) groups is 1. The Morgan fingerprint density at radius 2 is 2.23 bits per heavy atom. The van der Waals surface area contributed by atoms with Gasteiger partial charge in [0.05, 0.1) is 0 Å². The van der Waals surface area contributed by atoms with Gasteiger partial charge in [0.2, 0.25) is 5.91 Å². The van der Waals surface area contributed by atoms with Crippen molar-refractivity contribution in [3.8, 4) is 0 Å². The number of rotatable bonds is 6. The minimum atomic E-state index is 0.102. The Hall–Kier alpha value is -2.14. The van der Waals surface area contributed by atoms with Crippen molar-refractivity contribution in [2.75, 3.05) is 6.54 Å². The quantitative estimate of drug-likeness (QED) is 0.758. The van der Waals surface area contributed by atoms with E-state index in [1.807, 2.05) is 36.6 Å². The second-order valence-corrected chi connectivity index (χ2v) is 6.25. The standard InChI is InChI=1S/C17H18N2O2S/c1-12-19-15-6-4-13(11-16(15)21-12)8-9-18-17(20)7-5-14-3-2-10-22-14/h2-4,6,10-11H,5,7-9H2,1H3,(H,18,20). The molecular formula is C17H18N2O2S. The van der Waals surface area contributed by atoms with Crippen LogP contribution in [0.4, 0.5) is 0 Å². The molecule has 5 heteroatoms. The fourth-order valence-electron chi connectivity index (χ4n) is 2.37. The van der Waals surface area contributed by atoms with E-state index in [1.165, 1.54) is 4.88 Å². The van der Waals surface area contributed by atoms with Gasteiger partial charge in [-0.25, -0.2) is 4.98 Å². The number of hydrogen-bond donors (Lipinski definition) is 1. The first-order valence-electron chi connectivity index (χ1n) is 7.36. The molecule has 0 aliphatic rings. The molecule has 0 saturated heterocycles. The number of fused-ring (bicyclic) bond motifs is 1. The summed E-state index contributed by atoms with van der Waals surface area (Å²) in [5, 5.41) is 5.00. The summed E-state index contributed by atoms with van der Waals surface area (Å²) in [5.74, 6) is 0.777. The maximum absolute atomic E-state index is 11.8. The van der Waals surface area contributed by atoms with Gasteiger partial charge in [-0.3, -0.25) is 4.79 Å². The van der Waals surface area contributed by atoms with Crippen molar-refractivity contribution in [1.82, 2.24) is 10.3 Å². The van der Waals surface area contributed by atoms with Gasteiger partial charge in [0.15, 0.2) is 11.5 Å². The molecule has 1 amide bonds. The zero-order valence-electron chi connectivity index (χ0n) is 12.5. The molecule has 2 heterocycles. The maximum Gasteiger partial charge on any atom is 0.220 e. The molecule has 0 aliphatic heterocycles. The van der Waals surface area contributed by atoms with Crippen molar-refractivity contribution < 1.29 is 9.21 Å². The van der Waals surface area contributed by atoms with Crippen LogP contribution in [0, 0.1) is 6.92 Å². The molecule has 0 aliphatic carbocycles. The molecule has 0 radical (unpaired) electrons. The van der Waals surface area contributed by atoms with Crippen LogP contribution in [0.3, 0.4) is 0 Å². The van der Waals surface area contributed by atoms with E-state index in [2.05, 4.69) is 16.4 Å². The minimum absolute atomic E-state index is 0.102. The highest BCUT2D eigenvalue weighted by Crippen LogP contribution is 2.17. The third-order valence-corrected chi connectivity index (χ3v) is 4.41. The summed E-state index contributed by atoms with van der Waals surface area (Å²) in [6.07, 6.45) is 2.15. The smallest absolute Gasteiger partial charge is 0.220 e. The Morgan fingerprint density at radius 3 is 3.05 bits per heavy atom. The number of oxazole rings is 1. The number of carbonyl (C=O) groups excluding carboxylic acids is 1. The Labute approximate surface area is 133 Å². The Bertz CT molecular complexity index is 762. The van der Waals surface area contributed by atoms with Crippen molar-refractivity contribution in [1.29, 1.82) is 0 Å². The van der Waals surface area contributed by atoms with Gasteiger partial charge in [-0.2, -0.15) is 0 Å². The highest BCUT2D eigenvalue weighted by molar-refractivity contribution is 7.09. The van der Waals surface area contributed by atoms with Crippen LogP contribution >= 0.6 is 11.3 Å². The minimum Gasteiger partial charge on any atom is -0.441 e. The molecule has 3 rings (SSSR count). The summed E-state index contributed by atoms with van der Waals surface area (Å²) in [4.78, 5) is 17.3. The first kappa shape index (κ1) is 14.8. The van der Waals surface area contributed by atoms with Crippen LogP contribution < -0.4 is 5.32 Å². The van der Waals surface area contributed by atoms with Gasteiger partial charge in [-0.1, -0.05) is 12.1 Å². The highest BCUT2D eigenvalue weighted by atomic mass is 32.1. The van der Waals surface area contributed by atoms with E-state index in [9.17, 15) is 4.79 Å². The van der Waals surface area contributed by atoms with Crippen molar-refractivity contribution in [2.45, 2.75) is 26.2 Å². The number of aromatic nitrogens is 1. The van der Waals surface area contributed by atoms with Crippen molar-refractivity contribution in [2.24, 2.45) is 0 Å². The number of amides is 1. The molecule has 1 N–H and O–H groups in total. The average molecular weight is 314 g/mol. The van der Waals surface area contributed by atoms with E-state index >= 15 is 0 Å². The Balaban J connectivity index is 1.46. The number of nitrogens with one attached hydrogen (secondary N) is 1. The number of thiophene rings is 1. The third kappa shape index (κ3) is 3.74. The molecule has 0 bridgehead atoms. The Kier molecular flexibility index (Phi) is 4.53. The van der Waals surface area contributed by atoms with Crippen LogP contribution in [-0.2, 0) is 17.6 Å². The van der Waals surface area contributed by atoms with Crippen molar-refractivity contribution in [3.05, 3.63) is 52.0 Å². The van der Waals surface area contributed by atoms with E-state index < -0.39 is 0 Å². The topological polar surface area (TPSA) is 55.1 Å². The lowest BCUT2D eigenvalue weighted by molar-refractivity contribution is -0.121. The van der Waals surface area contributed by atoms with Crippen LogP contribution in [0.25, 0.3) is 11.1 Å². The molecule has 0 fully saturated rings. The molecule has 0 unspecified atom stereocenters. The molecule has 3 aromatic rings. The highest BCUT2D eigenvalue weighted by Gasteiger charge is 2.05. The largest absolute Gasteiger partial charge is 0.441 e. The molecule has 2 aromatic heterocycles. The average Bonchev–Trinajstić information content (AvgIpc) is 3.12. The molecule has 0 saturated carbocycles. The number of hydrogen-bond acceptors (Lipinski definition) is 4. The lowest BCUT2D eigenvalue weighted by Gasteiger charge is -2.05. The van der Waals surface area contributed by atoms with Crippen LogP contribution in [0.2, 0.25) is 0 Å². The maximum atomic E-state index is 11.8. The molecule has 0 spiro atoms. The zero-order valence-corrected chi connectivity index (χ0v) is 13.3. The Morgan fingerprint density at radius 1 is 1.32 bits per heavy atom. The lowest BCUT2D eigenvalue weighted by atomic mass is 10.1. The summed E-state index contributed by atoms with van der Waals surface area (Å²) < 4.78 is 5.52. The predicted molar refractivity (Wildman–Crippen MR) is 88.1 cm³/mol. The SMILES string of the molecule is Cc1nc2ccc(CCNC(=O)CCc3cccs3)cc2o1. The van der Waals surface area contributed by atoms with Gasteiger partial charge < -0.3 is 9.73 Å². The summed E-state index contributed by atoms with van der Waals surface area (Å²) in [5.41, 5.74) is 2.82. The monoisotopic (exact) mass is 314 g/mol. The summed E-state index contributed by atoms with van der Waals surface area (Å²) in [6.45, 7) is 2.48. The molecule has 0 atom stereocenters. The van der Waals surface area contributed by atoms with E-state index in [0.717, 1.165) is 29.5 Å². The first-order chi connectivity index (χ1) is 10.7. The predicted octanol–water partition coefficient (Wildman–Crippen LogP) is 3.49. The van der Waals surface area contributed by atoms with Gasteiger partial charge in [0.1, 0.15) is 5.52 Å². The molecule has 22 heavy (non-hydrogen) atoms. The van der Waals surface area contributed by atoms with Gasteiger partial charge >= 0.3 is 0 Å². The van der Waals surface area contributed by atoms with Crippen LogP contribution in [0.15, 0.2) is 40.1 Å². The number of nitrogens with zero attached hydrogens (tertiary/aromatic N) is 1. The van der Waals surface area contributed by atoms with Crippen molar-refractivity contribution in [3.63, 3.8) is 0 Å². The first-order valence-corrected chi connectivity index (χ1v) is 8.24. The van der Waals surface area contributed by atoms with Crippen LogP contribution in [-0.4, -0.2) is 17.4 Å². The zero-order chi connectivity index (χ0) is 15.4. The molecule has 4 nitrogen and oxygen atoms in total. The van der Waals surface area contributed by atoms with Crippen molar-refractivity contribution >= 4 is 28.3 Å². The molecule has 1 aromatic carbocycles. The van der Waals surface area contributed by atoms with E-state index in [-0.39, 0.29) is 5.91 Å². The summed E-state index contributed by atoms with van der Waals surface area (Å²) in [6, 6.07) is 10.1. The van der Waals surface area contributed by atoms with Gasteiger partial charge in [0, 0.05) is 24.8 Å². The summed E-state index contributed by atoms with van der Waals surface area (Å²) >= 11 is 1.69. The third-order valence-electron chi connectivity index (χ3n) is 3.47. The number of benzene rings is 1. The lowest BCUT2D eigenvalue weighted by Crippen LogP contribution is -2.25. The number of aryl methyl sites for hydroxylation is 2. The van der Waals surface area contributed by atoms with Crippen LogP contribution in [0.1, 0.15) is 22.8 Å². The second-order valence-electron chi connectivity index (χ2n) is 5.21. The second kappa shape index (κ2) is 6.75. The summed E-state index contributed by atoms with van der Waals surface area (Å²) in [7, 11) is 0. The molecular weight excluding hydrogens is 296 g/mol. The fraction of sp³-hybridized carbons (Fsp3) is 0.294. The van der Waals surface area contributed by atoms with E-state index in [4.69, 9.17) is 4.42 Å². The van der Waals surface area contributed by atoms with E-state index in [0.29, 0.717) is 18.9 Å². The van der Waals surface area contributed by atoms with E-state index in [1.54, 1.807) is 11.3 Å². The normalized spacial score (nSPS) is 11.0. The molecule has 114 valence electrons. The van der Waals surface area contributed by atoms with Crippen LogP contribution in [0.5, 0.6) is 0 Å². The van der Waals surface area contributed by atoms with Gasteiger partial charge in [-0.15, -0.1) is 11.3 Å². The van der Waals surface area contributed by atoms with Gasteiger partial charge in [0.25, 0.3) is 0 Å². The van der Waals surface area contributed by atoms with Gasteiger partial charge in [-0.05, 0) is 42.0 Å². The fourth-order valence-corrected chi connectivity index (χ4v) is 3.07.